The molecule has 1 fully saturated rings. The quantitative estimate of drug-likeness (QED) is 0.783. The van der Waals surface area contributed by atoms with E-state index in [1.54, 1.807) is 0 Å². The normalized spacial score (nSPS) is 18.8. The zero-order valence-corrected chi connectivity index (χ0v) is 17.5. The van der Waals surface area contributed by atoms with Crippen LogP contribution in [0.3, 0.4) is 0 Å². The molecule has 1 saturated heterocycles. The fourth-order valence-corrected chi connectivity index (χ4v) is 4.35. The summed E-state index contributed by atoms with van der Waals surface area (Å²) < 4.78 is 0. The molecule has 0 unspecified atom stereocenters. The molecule has 2 aromatic rings. The second kappa shape index (κ2) is 8.68. The van der Waals surface area contributed by atoms with E-state index in [9.17, 15) is 5.26 Å². The topological polar surface area (TPSA) is 68.1 Å². The Morgan fingerprint density at radius 1 is 1.21 bits per heavy atom. The zero-order chi connectivity index (χ0) is 20.2. The molecule has 0 aliphatic carbocycles. The minimum absolute atomic E-state index is 0.561. The summed E-state index contributed by atoms with van der Waals surface area (Å²) in [7, 11) is 0. The fourth-order valence-electron chi connectivity index (χ4n) is 3.49. The first-order valence-corrected chi connectivity index (χ1v) is 10.7. The predicted octanol–water partition coefficient (Wildman–Crippen LogP) is 3.45. The number of piperazine rings is 1. The smallest absolute Gasteiger partial charge is 0.225 e. The number of allylic oxidation sites excluding steroid dienone is 1. The van der Waals surface area contributed by atoms with Crippen molar-refractivity contribution in [3.05, 3.63) is 63.8 Å². The minimum atomic E-state index is 0.561. The highest BCUT2D eigenvalue weighted by molar-refractivity contribution is 8.06. The van der Waals surface area contributed by atoms with Gasteiger partial charge in [-0.1, -0.05) is 49.0 Å². The number of thioether (sulfide) groups is 1. The van der Waals surface area contributed by atoms with Crippen molar-refractivity contribution in [2.75, 3.05) is 37.6 Å². The number of nitrogens with zero attached hydrogens (tertiary/aromatic N) is 5. The van der Waals surface area contributed by atoms with E-state index in [4.69, 9.17) is 4.98 Å². The van der Waals surface area contributed by atoms with E-state index in [1.807, 2.05) is 36.7 Å². The van der Waals surface area contributed by atoms with Crippen LogP contribution in [0.2, 0.25) is 0 Å². The molecule has 0 atom stereocenters. The molecule has 6 nitrogen and oxygen atoms in total. The van der Waals surface area contributed by atoms with E-state index in [0.29, 0.717) is 17.2 Å². The second-order valence-electron chi connectivity index (χ2n) is 7.08. The zero-order valence-electron chi connectivity index (χ0n) is 16.7. The first-order chi connectivity index (χ1) is 14.2. The Balaban J connectivity index is 1.60. The Kier molecular flexibility index (Phi) is 5.84. The SMILES string of the molecule is CCN1CCN(c2ncc(C)c(C(C#N)=C3NC(c4ccccc4)=CS3)n2)CC1. The van der Waals surface area contributed by atoms with Crippen molar-refractivity contribution < 1.29 is 0 Å². The van der Waals surface area contributed by atoms with Gasteiger partial charge in [0.25, 0.3) is 0 Å². The van der Waals surface area contributed by atoms with Crippen molar-refractivity contribution in [2.24, 2.45) is 0 Å². The van der Waals surface area contributed by atoms with Crippen LogP contribution in [0.1, 0.15) is 23.7 Å². The summed E-state index contributed by atoms with van der Waals surface area (Å²) >= 11 is 1.53. The van der Waals surface area contributed by atoms with E-state index in [-0.39, 0.29) is 0 Å². The molecular formula is C22H24N6S. The van der Waals surface area contributed by atoms with Gasteiger partial charge in [0.2, 0.25) is 5.95 Å². The molecule has 29 heavy (non-hydrogen) atoms. The van der Waals surface area contributed by atoms with Gasteiger partial charge in [-0.3, -0.25) is 0 Å². The molecule has 2 aliphatic rings. The lowest BCUT2D eigenvalue weighted by molar-refractivity contribution is 0.270. The third-order valence-corrected chi connectivity index (χ3v) is 6.16. The Morgan fingerprint density at radius 2 is 1.97 bits per heavy atom. The number of nitriles is 1. The Hall–Kier alpha value is -2.82. The Morgan fingerprint density at radius 3 is 2.66 bits per heavy atom. The van der Waals surface area contributed by atoms with E-state index in [2.05, 4.69) is 45.2 Å². The van der Waals surface area contributed by atoms with Crippen LogP contribution in [-0.2, 0) is 0 Å². The first-order valence-electron chi connectivity index (χ1n) is 9.84. The largest absolute Gasteiger partial charge is 0.348 e. The standard InChI is InChI=1S/C22H24N6S/c1-3-27-9-11-28(12-10-27)22-24-14-16(2)20(26-22)18(13-23)21-25-19(15-29-21)17-7-5-4-6-8-17/h4-8,14-15,25H,3,9-12H2,1-2H3. The molecule has 4 rings (SSSR count). The number of aromatic nitrogens is 2. The average molecular weight is 405 g/mol. The molecule has 2 aliphatic heterocycles. The molecule has 1 N–H and O–H groups in total. The average Bonchev–Trinajstić information content (AvgIpc) is 3.26. The van der Waals surface area contributed by atoms with Crippen LogP contribution in [-0.4, -0.2) is 47.6 Å². The number of likely N-dealkylation sites (N-methyl/N-ethyl adjacent to an activating group) is 1. The van der Waals surface area contributed by atoms with Crippen LogP contribution in [0.4, 0.5) is 5.95 Å². The highest BCUT2D eigenvalue weighted by Crippen LogP contribution is 2.35. The molecule has 1 aromatic heterocycles. The van der Waals surface area contributed by atoms with Crippen molar-refractivity contribution >= 4 is 29.0 Å². The van der Waals surface area contributed by atoms with Gasteiger partial charge in [-0.05, 0) is 24.6 Å². The fraction of sp³-hybridized carbons (Fsp3) is 0.318. The maximum atomic E-state index is 9.92. The summed E-state index contributed by atoms with van der Waals surface area (Å²) in [6.07, 6.45) is 1.83. The highest BCUT2D eigenvalue weighted by Gasteiger charge is 2.22. The molecule has 0 bridgehead atoms. The van der Waals surface area contributed by atoms with Gasteiger partial charge in [0.05, 0.1) is 16.4 Å². The summed E-state index contributed by atoms with van der Waals surface area (Å²) in [5, 5.41) is 16.2. The van der Waals surface area contributed by atoms with Gasteiger partial charge in [0, 0.05) is 37.8 Å². The number of aryl methyl sites for hydroxylation is 1. The van der Waals surface area contributed by atoms with Crippen molar-refractivity contribution in [3.8, 4) is 6.07 Å². The van der Waals surface area contributed by atoms with Gasteiger partial charge in [-0.15, -0.1) is 0 Å². The van der Waals surface area contributed by atoms with Gasteiger partial charge in [-0.2, -0.15) is 5.26 Å². The van der Waals surface area contributed by atoms with Gasteiger partial charge in [-0.25, -0.2) is 9.97 Å². The van der Waals surface area contributed by atoms with Crippen LogP contribution in [0.15, 0.2) is 47.0 Å². The summed E-state index contributed by atoms with van der Waals surface area (Å²) in [6, 6.07) is 12.5. The lowest BCUT2D eigenvalue weighted by Crippen LogP contribution is -2.46. The number of rotatable bonds is 4. The minimum Gasteiger partial charge on any atom is -0.348 e. The Labute approximate surface area is 176 Å². The molecule has 0 radical (unpaired) electrons. The number of hydrogen-bond donors (Lipinski definition) is 1. The van der Waals surface area contributed by atoms with Crippen molar-refractivity contribution in [1.82, 2.24) is 20.2 Å². The molecule has 148 valence electrons. The lowest BCUT2D eigenvalue weighted by Gasteiger charge is -2.34. The molecule has 0 spiro atoms. The van der Waals surface area contributed by atoms with Gasteiger partial charge in [0.15, 0.2) is 0 Å². The monoisotopic (exact) mass is 404 g/mol. The second-order valence-corrected chi connectivity index (χ2v) is 7.96. The van der Waals surface area contributed by atoms with Crippen molar-refractivity contribution in [3.63, 3.8) is 0 Å². The molecule has 7 heteroatoms. The van der Waals surface area contributed by atoms with Gasteiger partial charge in [0.1, 0.15) is 11.6 Å². The van der Waals surface area contributed by atoms with Crippen molar-refractivity contribution in [1.29, 1.82) is 5.26 Å². The molecule has 0 amide bonds. The van der Waals surface area contributed by atoms with Crippen LogP contribution >= 0.6 is 11.8 Å². The first kappa shape index (κ1) is 19.5. The number of benzene rings is 1. The lowest BCUT2D eigenvalue weighted by atomic mass is 10.1. The number of anilines is 1. The van der Waals surface area contributed by atoms with Crippen LogP contribution in [0, 0.1) is 18.3 Å². The summed E-state index contributed by atoms with van der Waals surface area (Å²) in [6.45, 7) is 9.04. The van der Waals surface area contributed by atoms with E-state index in [1.165, 1.54) is 11.8 Å². The maximum Gasteiger partial charge on any atom is 0.225 e. The molecule has 0 saturated carbocycles. The summed E-state index contributed by atoms with van der Waals surface area (Å²) in [5.74, 6) is 0.703. The summed E-state index contributed by atoms with van der Waals surface area (Å²) in [5.41, 5.74) is 4.27. The molecule has 1 aromatic carbocycles. The predicted molar refractivity (Wildman–Crippen MR) is 119 cm³/mol. The molecular weight excluding hydrogens is 380 g/mol. The van der Waals surface area contributed by atoms with Crippen LogP contribution in [0.5, 0.6) is 0 Å². The number of hydrogen-bond acceptors (Lipinski definition) is 7. The molecule has 3 heterocycles. The van der Waals surface area contributed by atoms with Crippen molar-refractivity contribution in [2.45, 2.75) is 13.8 Å². The summed E-state index contributed by atoms with van der Waals surface area (Å²) in [4.78, 5) is 14.0. The highest BCUT2D eigenvalue weighted by atomic mass is 32.2. The number of nitrogens with one attached hydrogen (secondary N) is 1. The third kappa shape index (κ3) is 4.14. The van der Waals surface area contributed by atoms with Gasteiger partial charge >= 0.3 is 0 Å². The van der Waals surface area contributed by atoms with Crippen LogP contribution in [0.25, 0.3) is 11.3 Å². The van der Waals surface area contributed by atoms with E-state index < -0.39 is 0 Å². The van der Waals surface area contributed by atoms with Crippen LogP contribution < -0.4 is 10.2 Å². The van der Waals surface area contributed by atoms with Gasteiger partial charge < -0.3 is 15.1 Å². The van der Waals surface area contributed by atoms with E-state index >= 15 is 0 Å². The Bertz CT molecular complexity index is 984. The van der Waals surface area contributed by atoms with E-state index in [0.717, 1.165) is 54.6 Å². The third-order valence-electron chi connectivity index (χ3n) is 5.26. The maximum absolute atomic E-state index is 9.92.